The Labute approximate surface area is 124 Å². The van der Waals surface area contributed by atoms with Crippen LogP contribution in [0, 0.1) is 5.92 Å². The van der Waals surface area contributed by atoms with Crippen LogP contribution < -0.4 is 5.32 Å². The van der Waals surface area contributed by atoms with Gasteiger partial charge in [0.25, 0.3) is 5.22 Å². The smallest absolute Gasteiger partial charge is 0.408 e. The second-order valence-corrected chi connectivity index (χ2v) is 6.38. The van der Waals surface area contributed by atoms with Crippen molar-refractivity contribution >= 4 is 17.9 Å². The van der Waals surface area contributed by atoms with Gasteiger partial charge in [-0.2, -0.15) is 0 Å². The van der Waals surface area contributed by atoms with Crippen LogP contribution in [-0.2, 0) is 4.74 Å². The van der Waals surface area contributed by atoms with Gasteiger partial charge in [0.05, 0.1) is 0 Å². The van der Waals surface area contributed by atoms with E-state index in [-0.39, 0.29) is 12.0 Å². The topological polar surface area (TPSA) is 77.2 Å². The Kier molecular flexibility index (Phi) is 5.86. The first kappa shape index (κ1) is 16.8. The lowest BCUT2D eigenvalue weighted by Gasteiger charge is -2.24. The first-order valence-electron chi connectivity index (χ1n) is 6.63. The Balaban J connectivity index is 2.82. The molecule has 0 fully saturated rings. The lowest BCUT2D eigenvalue weighted by Crippen LogP contribution is -2.37. The lowest BCUT2D eigenvalue weighted by atomic mass is 9.99. The molecule has 0 bridgehead atoms. The lowest BCUT2D eigenvalue weighted by molar-refractivity contribution is 0.0474. The standard InChI is InChI=1S/C13H23N3O3S/c1-7-8(2)9(10-15-16-12(18-10)20-6)14-11(17)19-13(3,4)5/h8-9H,7H2,1-6H3,(H,14,17)/t8-,9+/m1/s1. The predicted octanol–water partition coefficient (Wildman–Crippen LogP) is 3.40. The number of hydrogen-bond donors (Lipinski definition) is 1. The molecule has 0 aliphatic heterocycles. The van der Waals surface area contributed by atoms with E-state index in [0.717, 1.165) is 6.42 Å². The summed E-state index contributed by atoms with van der Waals surface area (Å²) in [7, 11) is 0. The van der Waals surface area contributed by atoms with Crippen LogP contribution in [0.5, 0.6) is 0 Å². The molecule has 20 heavy (non-hydrogen) atoms. The number of alkyl carbamates (subject to hydrolysis) is 1. The van der Waals surface area contributed by atoms with Crippen LogP contribution >= 0.6 is 11.8 Å². The number of nitrogens with zero attached hydrogens (tertiary/aromatic N) is 2. The highest BCUT2D eigenvalue weighted by molar-refractivity contribution is 7.98. The molecule has 0 spiro atoms. The average Bonchev–Trinajstić information content (AvgIpc) is 2.81. The minimum atomic E-state index is -0.538. The molecule has 2 atom stereocenters. The van der Waals surface area contributed by atoms with E-state index in [1.54, 1.807) is 0 Å². The molecule has 1 aromatic heterocycles. The fourth-order valence-corrected chi connectivity index (χ4v) is 1.84. The van der Waals surface area contributed by atoms with Gasteiger partial charge in [0, 0.05) is 0 Å². The van der Waals surface area contributed by atoms with Gasteiger partial charge in [-0.05, 0) is 32.9 Å². The van der Waals surface area contributed by atoms with E-state index in [1.165, 1.54) is 11.8 Å². The molecule has 0 unspecified atom stereocenters. The zero-order chi connectivity index (χ0) is 15.3. The van der Waals surface area contributed by atoms with Crippen LogP contribution in [0.15, 0.2) is 9.64 Å². The van der Waals surface area contributed by atoms with E-state index < -0.39 is 11.7 Å². The summed E-state index contributed by atoms with van der Waals surface area (Å²) < 4.78 is 10.8. The van der Waals surface area contributed by atoms with Crippen molar-refractivity contribution in [3.63, 3.8) is 0 Å². The van der Waals surface area contributed by atoms with Gasteiger partial charge in [-0.3, -0.25) is 0 Å². The highest BCUT2D eigenvalue weighted by Gasteiger charge is 2.28. The maximum atomic E-state index is 11.9. The Morgan fingerprint density at radius 2 is 2.10 bits per heavy atom. The molecule has 0 aliphatic rings. The molecule has 1 amide bonds. The second kappa shape index (κ2) is 6.97. The van der Waals surface area contributed by atoms with Crippen molar-refractivity contribution < 1.29 is 13.9 Å². The Morgan fingerprint density at radius 1 is 1.45 bits per heavy atom. The van der Waals surface area contributed by atoms with E-state index in [2.05, 4.69) is 15.5 Å². The average molecular weight is 301 g/mol. The molecular weight excluding hydrogens is 278 g/mol. The number of thioether (sulfide) groups is 1. The van der Waals surface area contributed by atoms with Crippen molar-refractivity contribution in [1.29, 1.82) is 0 Å². The van der Waals surface area contributed by atoms with Gasteiger partial charge in [-0.15, -0.1) is 10.2 Å². The number of amides is 1. The van der Waals surface area contributed by atoms with Crippen LogP contribution in [0.1, 0.15) is 53.0 Å². The van der Waals surface area contributed by atoms with Gasteiger partial charge in [0.15, 0.2) is 0 Å². The van der Waals surface area contributed by atoms with Crippen molar-refractivity contribution in [3.05, 3.63) is 5.89 Å². The number of nitrogens with one attached hydrogen (secondary N) is 1. The van der Waals surface area contributed by atoms with Crippen LogP contribution in [-0.4, -0.2) is 28.1 Å². The van der Waals surface area contributed by atoms with Gasteiger partial charge in [0.2, 0.25) is 5.89 Å². The molecular formula is C13H23N3O3S. The fraction of sp³-hybridized carbons (Fsp3) is 0.769. The quantitative estimate of drug-likeness (QED) is 0.840. The molecule has 1 aromatic rings. The van der Waals surface area contributed by atoms with Crippen molar-refractivity contribution in [1.82, 2.24) is 15.5 Å². The van der Waals surface area contributed by atoms with Gasteiger partial charge in [0.1, 0.15) is 11.6 Å². The van der Waals surface area contributed by atoms with Crippen molar-refractivity contribution in [2.24, 2.45) is 5.92 Å². The summed E-state index contributed by atoms with van der Waals surface area (Å²) in [5.74, 6) is 0.576. The summed E-state index contributed by atoms with van der Waals surface area (Å²) in [6.45, 7) is 9.53. The summed E-state index contributed by atoms with van der Waals surface area (Å²) >= 11 is 1.37. The summed E-state index contributed by atoms with van der Waals surface area (Å²) in [6.07, 6.45) is 2.25. The third kappa shape index (κ3) is 5.03. The van der Waals surface area contributed by atoms with Gasteiger partial charge < -0.3 is 14.5 Å². The number of hydrogen-bond acceptors (Lipinski definition) is 6. The van der Waals surface area contributed by atoms with E-state index >= 15 is 0 Å². The zero-order valence-corrected chi connectivity index (χ0v) is 13.7. The van der Waals surface area contributed by atoms with E-state index in [1.807, 2.05) is 40.9 Å². The van der Waals surface area contributed by atoms with Crippen molar-refractivity contribution in [2.45, 2.75) is 57.9 Å². The Morgan fingerprint density at radius 3 is 2.55 bits per heavy atom. The third-order valence-electron chi connectivity index (χ3n) is 2.75. The summed E-state index contributed by atoms with van der Waals surface area (Å²) in [6, 6.07) is -0.344. The van der Waals surface area contributed by atoms with Crippen molar-refractivity contribution in [3.8, 4) is 0 Å². The van der Waals surface area contributed by atoms with Crippen molar-refractivity contribution in [2.75, 3.05) is 6.26 Å². The monoisotopic (exact) mass is 301 g/mol. The Hall–Kier alpha value is -1.24. The maximum absolute atomic E-state index is 11.9. The first-order chi connectivity index (χ1) is 9.26. The largest absolute Gasteiger partial charge is 0.444 e. The number of aromatic nitrogens is 2. The van der Waals surface area contributed by atoms with Crippen LogP contribution in [0.25, 0.3) is 0 Å². The molecule has 7 heteroatoms. The number of carbonyl (C=O) groups is 1. The summed E-state index contributed by atoms with van der Waals surface area (Å²) in [5, 5.41) is 11.2. The minimum absolute atomic E-state index is 0.165. The third-order valence-corrected chi connectivity index (χ3v) is 3.26. The second-order valence-electron chi connectivity index (χ2n) is 5.62. The van der Waals surface area contributed by atoms with Crippen LogP contribution in [0.3, 0.4) is 0 Å². The first-order valence-corrected chi connectivity index (χ1v) is 7.86. The zero-order valence-electron chi connectivity index (χ0n) is 12.9. The maximum Gasteiger partial charge on any atom is 0.408 e. The molecule has 6 nitrogen and oxygen atoms in total. The fourth-order valence-electron chi connectivity index (χ4n) is 1.55. The van der Waals surface area contributed by atoms with E-state index in [9.17, 15) is 4.79 Å². The molecule has 1 rings (SSSR count). The molecule has 1 heterocycles. The summed E-state index contributed by atoms with van der Waals surface area (Å²) in [4.78, 5) is 11.9. The minimum Gasteiger partial charge on any atom is -0.444 e. The normalized spacial score (nSPS) is 14.7. The number of carbonyl (C=O) groups excluding carboxylic acids is 1. The van der Waals surface area contributed by atoms with Crippen LogP contribution in [0.2, 0.25) is 0 Å². The Bertz CT molecular complexity index is 442. The van der Waals surface area contributed by atoms with Gasteiger partial charge in [-0.1, -0.05) is 32.0 Å². The highest BCUT2D eigenvalue weighted by atomic mass is 32.2. The van der Waals surface area contributed by atoms with Gasteiger partial charge in [-0.25, -0.2) is 4.79 Å². The van der Waals surface area contributed by atoms with Crippen LogP contribution in [0.4, 0.5) is 4.79 Å². The summed E-state index contributed by atoms with van der Waals surface area (Å²) in [5.41, 5.74) is -0.538. The molecule has 0 saturated carbocycles. The molecule has 0 aromatic carbocycles. The van der Waals surface area contributed by atoms with E-state index in [0.29, 0.717) is 11.1 Å². The molecule has 0 radical (unpaired) electrons. The van der Waals surface area contributed by atoms with E-state index in [4.69, 9.17) is 9.15 Å². The number of rotatable bonds is 5. The molecule has 114 valence electrons. The molecule has 0 aliphatic carbocycles. The predicted molar refractivity (Wildman–Crippen MR) is 77.6 cm³/mol. The molecule has 1 N–H and O–H groups in total. The SMILES string of the molecule is CC[C@@H](C)[C@H](NC(=O)OC(C)(C)C)c1nnc(SC)o1. The van der Waals surface area contributed by atoms with Gasteiger partial charge >= 0.3 is 6.09 Å². The highest BCUT2D eigenvalue weighted by Crippen LogP contribution is 2.26. The molecule has 0 saturated heterocycles. The number of ether oxygens (including phenoxy) is 1.